The molecule has 0 aromatic carbocycles. The Bertz CT molecular complexity index is 531. The van der Waals surface area contributed by atoms with Gasteiger partial charge in [0.05, 0.1) is 17.3 Å². The Labute approximate surface area is 120 Å². The summed E-state index contributed by atoms with van der Waals surface area (Å²) in [5.74, 6) is -1.10. The summed E-state index contributed by atoms with van der Waals surface area (Å²) in [6, 6.07) is 0.00962. The van der Waals surface area contributed by atoms with Gasteiger partial charge in [0, 0.05) is 12.1 Å². The minimum Gasteiger partial charge on any atom is -0.393 e. The predicted molar refractivity (Wildman–Crippen MR) is 74.4 cm³/mol. The Morgan fingerprint density at radius 2 is 2.05 bits per heavy atom. The van der Waals surface area contributed by atoms with E-state index in [1.165, 1.54) is 11.3 Å². The van der Waals surface area contributed by atoms with Crippen molar-refractivity contribution in [2.75, 3.05) is 5.32 Å². The minimum atomic E-state index is -0.609. The smallest absolute Gasteiger partial charge is 0.314 e. The number of anilines is 1. The van der Waals surface area contributed by atoms with Crippen molar-refractivity contribution in [3.8, 4) is 0 Å². The number of thiazole rings is 1. The van der Waals surface area contributed by atoms with Gasteiger partial charge >= 0.3 is 11.8 Å². The molecular weight excluding hydrogens is 278 g/mol. The molecule has 108 valence electrons. The Kier molecular flexibility index (Phi) is 3.47. The second-order valence-corrected chi connectivity index (χ2v) is 6.66. The van der Waals surface area contributed by atoms with E-state index in [2.05, 4.69) is 10.3 Å². The van der Waals surface area contributed by atoms with Gasteiger partial charge in [-0.1, -0.05) is 0 Å². The maximum absolute atomic E-state index is 12.3. The van der Waals surface area contributed by atoms with Gasteiger partial charge in [0.2, 0.25) is 0 Å². The molecule has 0 aliphatic carbocycles. The SMILES string of the molecule is Cc1ncc(NC(=O)C(=O)N2[C@@H]3CC[C@H]2CC(O)C3)s1. The quantitative estimate of drug-likeness (QED) is 0.754. The Morgan fingerprint density at radius 1 is 1.40 bits per heavy atom. The molecule has 2 aliphatic rings. The molecule has 2 N–H and O–H groups in total. The van der Waals surface area contributed by atoms with Gasteiger partial charge in [0.1, 0.15) is 5.00 Å². The number of aliphatic hydroxyl groups excluding tert-OH is 1. The zero-order chi connectivity index (χ0) is 14.3. The molecule has 20 heavy (non-hydrogen) atoms. The van der Waals surface area contributed by atoms with Crippen molar-refractivity contribution in [1.82, 2.24) is 9.88 Å². The molecule has 1 aromatic heterocycles. The highest BCUT2D eigenvalue weighted by atomic mass is 32.1. The number of carbonyl (C=O) groups excluding carboxylic acids is 2. The zero-order valence-electron chi connectivity index (χ0n) is 11.2. The largest absolute Gasteiger partial charge is 0.393 e. The maximum Gasteiger partial charge on any atom is 0.314 e. The van der Waals surface area contributed by atoms with Crippen LogP contribution >= 0.6 is 11.3 Å². The number of hydrogen-bond acceptors (Lipinski definition) is 5. The predicted octanol–water partition coefficient (Wildman–Crippen LogP) is 0.904. The summed E-state index contributed by atoms with van der Waals surface area (Å²) < 4.78 is 0. The molecule has 1 unspecified atom stereocenters. The molecule has 0 radical (unpaired) electrons. The van der Waals surface area contributed by atoms with Gasteiger partial charge < -0.3 is 15.3 Å². The van der Waals surface area contributed by atoms with Gasteiger partial charge in [-0.05, 0) is 32.6 Å². The van der Waals surface area contributed by atoms with E-state index in [-0.39, 0.29) is 18.2 Å². The molecule has 2 fully saturated rings. The van der Waals surface area contributed by atoms with Gasteiger partial charge in [-0.25, -0.2) is 4.98 Å². The van der Waals surface area contributed by atoms with Crippen molar-refractivity contribution in [2.24, 2.45) is 0 Å². The average Bonchev–Trinajstić information content (AvgIpc) is 2.91. The highest BCUT2D eigenvalue weighted by molar-refractivity contribution is 7.15. The van der Waals surface area contributed by atoms with Crippen LogP contribution in [-0.4, -0.2) is 45.0 Å². The van der Waals surface area contributed by atoms with Crippen LogP contribution < -0.4 is 5.32 Å². The van der Waals surface area contributed by atoms with E-state index in [1.54, 1.807) is 11.1 Å². The van der Waals surface area contributed by atoms with E-state index < -0.39 is 11.8 Å². The summed E-state index contributed by atoms with van der Waals surface area (Å²) in [4.78, 5) is 30.0. The van der Waals surface area contributed by atoms with Gasteiger partial charge in [-0.2, -0.15) is 0 Å². The Balaban J connectivity index is 1.68. The number of nitrogens with one attached hydrogen (secondary N) is 1. The van der Waals surface area contributed by atoms with Crippen LogP contribution in [0.1, 0.15) is 30.7 Å². The van der Waals surface area contributed by atoms with Crippen LogP contribution in [0.4, 0.5) is 5.00 Å². The molecule has 1 aromatic rings. The molecule has 2 aliphatic heterocycles. The van der Waals surface area contributed by atoms with Crippen molar-refractivity contribution >= 4 is 28.2 Å². The fourth-order valence-electron chi connectivity index (χ4n) is 3.18. The maximum atomic E-state index is 12.3. The third-order valence-corrected chi connectivity index (χ3v) is 4.82. The third-order valence-electron chi connectivity index (χ3n) is 3.99. The van der Waals surface area contributed by atoms with Gasteiger partial charge in [-0.3, -0.25) is 9.59 Å². The number of carbonyl (C=O) groups is 2. The van der Waals surface area contributed by atoms with E-state index in [1.807, 2.05) is 6.92 Å². The second-order valence-electron chi connectivity index (χ2n) is 5.42. The number of piperidine rings is 1. The summed E-state index contributed by atoms with van der Waals surface area (Å²) >= 11 is 1.34. The van der Waals surface area contributed by atoms with Gasteiger partial charge in [0.15, 0.2) is 0 Å². The van der Waals surface area contributed by atoms with E-state index >= 15 is 0 Å². The molecule has 3 rings (SSSR count). The van der Waals surface area contributed by atoms with Crippen LogP contribution in [-0.2, 0) is 9.59 Å². The molecule has 0 saturated carbocycles. The number of nitrogens with zero attached hydrogens (tertiary/aromatic N) is 2. The molecule has 2 saturated heterocycles. The number of aromatic nitrogens is 1. The van der Waals surface area contributed by atoms with Gasteiger partial charge in [0.25, 0.3) is 0 Å². The summed E-state index contributed by atoms with van der Waals surface area (Å²) in [6.07, 6.45) is 4.12. The van der Waals surface area contributed by atoms with E-state index in [9.17, 15) is 14.7 Å². The third kappa shape index (κ3) is 2.43. The molecule has 6 nitrogen and oxygen atoms in total. The van der Waals surface area contributed by atoms with Crippen molar-refractivity contribution in [3.63, 3.8) is 0 Å². The van der Waals surface area contributed by atoms with Crippen molar-refractivity contribution in [2.45, 2.75) is 50.8 Å². The van der Waals surface area contributed by atoms with Crippen LogP contribution in [0.15, 0.2) is 6.20 Å². The van der Waals surface area contributed by atoms with Crippen LogP contribution in [0.5, 0.6) is 0 Å². The topological polar surface area (TPSA) is 82.5 Å². The fraction of sp³-hybridized carbons (Fsp3) is 0.615. The lowest BCUT2D eigenvalue weighted by atomic mass is 10.00. The van der Waals surface area contributed by atoms with Crippen LogP contribution in [0.3, 0.4) is 0 Å². The van der Waals surface area contributed by atoms with E-state index in [0.717, 1.165) is 17.8 Å². The molecule has 2 bridgehead atoms. The highest BCUT2D eigenvalue weighted by Gasteiger charge is 2.44. The Morgan fingerprint density at radius 3 is 2.60 bits per heavy atom. The number of fused-ring (bicyclic) bond motifs is 2. The summed E-state index contributed by atoms with van der Waals surface area (Å²) in [6.45, 7) is 1.84. The standard InChI is InChI=1S/C13H17N3O3S/c1-7-14-6-11(20-7)15-12(18)13(19)16-8-2-3-9(16)5-10(17)4-8/h6,8-10,17H,2-5H2,1H3,(H,15,18)/t8-,9+,10?. The number of aliphatic hydroxyl groups is 1. The highest BCUT2D eigenvalue weighted by Crippen LogP contribution is 2.35. The molecule has 3 atom stereocenters. The number of aryl methyl sites for hydroxylation is 1. The molecule has 7 heteroatoms. The number of rotatable bonds is 1. The molecule has 0 spiro atoms. The lowest BCUT2D eigenvalue weighted by Crippen LogP contribution is -2.51. The lowest BCUT2D eigenvalue weighted by molar-refractivity contribution is -0.147. The summed E-state index contributed by atoms with van der Waals surface area (Å²) in [7, 11) is 0. The first-order chi connectivity index (χ1) is 9.54. The number of hydrogen-bond donors (Lipinski definition) is 2. The number of amides is 2. The van der Waals surface area contributed by atoms with E-state index in [4.69, 9.17) is 0 Å². The first-order valence-corrected chi connectivity index (χ1v) is 7.60. The van der Waals surface area contributed by atoms with Gasteiger partial charge in [-0.15, -0.1) is 11.3 Å². The van der Waals surface area contributed by atoms with Crippen LogP contribution in [0.2, 0.25) is 0 Å². The monoisotopic (exact) mass is 295 g/mol. The molecule has 3 heterocycles. The average molecular weight is 295 g/mol. The minimum absolute atomic E-state index is 0.00481. The zero-order valence-corrected chi connectivity index (χ0v) is 12.0. The van der Waals surface area contributed by atoms with Crippen LogP contribution in [0, 0.1) is 6.92 Å². The molecular formula is C13H17N3O3S. The van der Waals surface area contributed by atoms with Crippen molar-refractivity contribution < 1.29 is 14.7 Å². The van der Waals surface area contributed by atoms with Crippen molar-refractivity contribution in [3.05, 3.63) is 11.2 Å². The summed E-state index contributed by atoms with van der Waals surface area (Å²) in [5.41, 5.74) is 0. The first-order valence-electron chi connectivity index (χ1n) is 6.78. The normalized spacial score (nSPS) is 28.5. The molecule has 2 amide bonds. The second kappa shape index (κ2) is 5.14. The van der Waals surface area contributed by atoms with E-state index in [0.29, 0.717) is 17.8 Å². The lowest BCUT2D eigenvalue weighted by Gasteiger charge is -2.36. The fourth-order valence-corrected chi connectivity index (χ4v) is 3.85. The van der Waals surface area contributed by atoms with Crippen LogP contribution in [0.25, 0.3) is 0 Å². The first kappa shape index (κ1) is 13.5. The van der Waals surface area contributed by atoms with Crippen molar-refractivity contribution in [1.29, 1.82) is 0 Å². The Hall–Kier alpha value is -1.47. The summed E-state index contributed by atoms with van der Waals surface area (Å²) in [5, 5.41) is 13.8.